The summed E-state index contributed by atoms with van der Waals surface area (Å²) in [4.78, 5) is 10.9. The van der Waals surface area contributed by atoms with Crippen LogP contribution in [0.15, 0.2) is 0 Å². The van der Waals surface area contributed by atoms with Gasteiger partial charge in [0, 0.05) is 12.0 Å². The minimum absolute atomic E-state index is 0.310. The van der Waals surface area contributed by atoms with Gasteiger partial charge in [-0.3, -0.25) is 0 Å². The van der Waals surface area contributed by atoms with Crippen molar-refractivity contribution in [2.75, 3.05) is 0 Å². The highest BCUT2D eigenvalue weighted by Crippen LogP contribution is 2.50. The normalized spacial score (nSPS) is 34.9. The van der Waals surface area contributed by atoms with Crippen LogP contribution >= 0.6 is 0 Å². The van der Waals surface area contributed by atoms with Gasteiger partial charge in [-0.25, -0.2) is 0 Å². The molecule has 2 nitrogen and oxygen atoms in total. The van der Waals surface area contributed by atoms with Gasteiger partial charge in [-0.1, -0.05) is 20.8 Å². The number of hydrogen-bond acceptors (Lipinski definition) is 2. The Morgan fingerprint density at radius 3 is 1.90 bits per heavy atom. The summed E-state index contributed by atoms with van der Waals surface area (Å²) < 4.78 is 6.60. The van der Waals surface area contributed by atoms with Gasteiger partial charge in [0.1, 0.15) is 6.29 Å². The largest absolute Gasteiger partial charge is 0.414 e. The van der Waals surface area contributed by atoms with E-state index in [4.69, 9.17) is 4.43 Å². The number of aldehydes is 1. The molecular weight excluding hydrogens is 276 g/mol. The van der Waals surface area contributed by atoms with E-state index in [1.54, 1.807) is 0 Å². The van der Waals surface area contributed by atoms with Crippen molar-refractivity contribution >= 4 is 14.6 Å². The summed E-state index contributed by atoms with van der Waals surface area (Å²) in [6.45, 7) is 11.7. The average molecular weight is 311 g/mol. The van der Waals surface area contributed by atoms with Crippen LogP contribution in [0.2, 0.25) is 18.1 Å². The lowest BCUT2D eigenvalue weighted by molar-refractivity contribution is -0.113. The molecule has 0 heterocycles. The van der Waals surface area contributed by atoms with Crippen molar-refractivity contribution in [1.82, 2.24) is 0 Å². The third-order valence-electron chi connectivity index (χ3n) is 6.54. The van der Waals surface area contributed by atoms with Crippen molar-refractivity contribution in [3.8, 4) is 0 Å². The van der Waals surface area contributed by atoms with Crippen LogP contribution in [0.5, 0.6) is 0 Å². The van der Waals surface area contributed by atoms with Crippen molar-refractivity contribution in [3.63, 3.8) is 0 Å². The summed E-state index contributed by atoms with van der Waals surface area (Å²) in [5.41, 5.74) is 0.548. The van der Waals surface area contributed by atoms with Crippen molar-refractivity contribution in [1.29, 1.82) is 0 Å². The van der Waals surface area contributed by atoms with E-state index in [2.05, 4.69) is 33.9 Å². The highest BCUT2D eigenvalue weighted by atomic mass is 28.4. The van der Waals surface area contributed by atoms with E-state index in [0.29, 0.717) is 22.5 Å². The summed E-state index contributed by atoms with van der Waals surface area (Å²) in [5.74, 6) is 0.344. The van der Waals surface area contributed by atoms with E-state index < -0.39 is 8.32 Å². The maximum absolute atomic E-state index is 10.9. The first-order valence-corrected chi connectivity index (χ1v) is 11.7. The monoisotopic (exact) mass is 310 g/mol. The van der Waals surface area contributed by atoms with E-state index in [0.717, 1.165) is 12.8 Å². The Balaban J connectivity index is 1.85. The molecule has 122 valence electrons. The van der Waals surface area contributed by atoms with E-state index >= 15 is 0 Å². The molecule has 0 aliphatic heterocycles. The molecule has 21 heavy (non-hydrogen) atoms. The molecule has 0 aromatic carbocycles. The first-order valence-electron chi connectivity index (χ1n) is 8.81. The SMILES string of the molecule is CC(C)(C)[Si](C)(C)OC1CCC2(CCC(C=O)CC2)CC1. The average Bonchev–Trinajstić information content (AvgIpc) is 2.41. The number of hydrogen-bond donors (Lipinski definition) is 0. The number of carbonyl (C=O) groups is 1. The van der Waals surface area contributed by atoms with E-state index in [-0.39, 0.29) is 0 Å². The maximum atomic E-state index is 10.9. The maximum Gasteiger partial charge on any atom is 0.192 e. The lowest BCUT2D eigenvalue weighted by Gasteiger charge is -2.47. The van der Waals surface area contributed by atoms with Crippen LogP contribution in [0.1, 0.15) is 72.1 Å². The molecular formula is C18H34O2Si. The van der Waals surface area contributed by atoms with Crippen molar-refractivity contribution in [2.45, 2.75) is 96.4 Å². The van der Waals surface area contributed by atoms with Crippen molar-refractivity contribution in [3.05, 3.63) is 0 Å². The molecule has 0 N–H and O–H groups in total. The molecule has 1 spiro atoms. The van der Waals surface area contributed by atoms with Crippen LogP contribution in [0, 0.1) is 11.3 Å². The first-order chi connectivity index (χ1) is 9.67. The summed E-state index contributed by atoms with van der Waals surface area (Å²) >= 11 is 0. The predicted octanol–water partition coefficient (Wildman–Crippen LogP) is 5.33. The molecule has 0 saturated heterocycles. The Morgan fingerprint density at radius 1 is 1.00 bits per heavy atom. The second-order valence-corrected chi connectivity index (χ2v) is 13.8. The van der Waals surface area contributed by atoms with Gasteiger partial charge in [0.05, 0.1) is 0 Å². The van der Waals surface area contributed by atoms with Gasteiger partial charge in [0.25, 0.3) is 0 Å². The molecule has 2 aliphatic carbocycles. The summed E-state index contributed by atoms with van der Waals surface area (Å²) in [5, 5.41) is 0.310. The van der Waals surface area contributed by atoms with Crippen LogP contribution in [-0.2, 0) is 9.22 Å². The quantitative estimate of drug-likeness (QED) is 0.520. The zero-order chi connectivity index (χ0) is 15.7. The minimum Gasteiger partial charge on any atom is -0.414 e. The molecule has 0 bridgehead atoms. The zero-order valence-electron chi connectivity index (χ0n) is 14.7. The molecule has 2 aliphatic rings. The predicted molar refractivity (Wildman–Crippen MR) is 91.0 cm³/mol. The van der Waals surface area contributed by atoms with Gasteiger partial charge >= 0.3 is 0 Å². The number of rotatable bonds is 3. The van der Waals surface area contributed by atoms with E-state index in [9.17, 15) is 4.79 Å². The van der Waals surface area contributed by atoms with Crippen LogP contribution in [0.4, 0.5) is 0 Å². The number of carbonyl (C=O) groups excluding carboxylic acids is 1. The lowest BCUT2D eigenvalue weighted by Crippen LogP contribution is -2.45. The van der Waals surface area contributed by atoms with Gasteiger partial charge in [0.2, 0.25) is 0 Å². The smallest absolute Gasteiger partial charge is 0.192 e. The van der Waals surface area contributed by atoms with Crippen LogP contribution in [0.3, 0.4) is 0 Å². The highest BCUT2D eigenvalue weighted by Gasteiger charge is 2.43. The molecule has 0 radical (unpaired) electrons. The Labute approximate surface area is 132 Å². The standard InChI is InChI=1S/C18H34O2Si/c1-17(2,3)21(4,5)20-16-8-12-18(13-9-16)10-6-15(14-19)7-11-18/h14-16H,6-13H2,1-5H3. The summed E-state index contributed by atoms with van der Waals surface area (Å²) in [6.07, 6.45) is 11.5. The summed E-state index contributed by atoms with van der Waals surface area (Å²) in [6, 6.07) is 0. The van der Waals surface area contributed by atoms with Gasteiger partial charge < -0.3 is 9.22 Å². The molecule has 0 aromatic heterocycles. The third kappa shape index (κ3) is 3.98. The second-order valence-electron chi connectivity index (χ2n) is 9.05. The van der Waals surface area contributed by atoms with Crippen molar-refractivity contribution in [2.24, 2.45) is 11.3 Å². The Morgan fingerprint density at radius 2 is 1.48 bits per heavy atom. The third-order valence-corrected chi connectivity index (χ3v) is 11.1. The Bertz CT molecular complexity index is 352. The fraction of sp³-hybridized carbons (Fsp3) is 0.944. The minimum atomic E-state index is -1.62. The highest BCUT2D eigenvalue weighted by molar-refractivity contribution is 6.74. The Kier molecular flexibility index (Phi) is 5.04. The van der Waals surface area contributed by atoms with Gasteiger partial charge in [-0.2, -0.15) is 0 Å². The fourth-order valence-electron chi connectivity index (χ4n) is 3.80. The molecule has 2 rings (SSSR count). The van der Waals surface area contributed by atoms with E-state index in [1.165, 1.54) is 44.8 Å². The molecule has 0 atom stereocenters. The molecule has 2 saturated carbocycles. The first kappa shape index (κ1) is 17.2. The van der Waals surface area contributed by atoms with Gasteiger partial charge in [-0.05, 0) is 74.9 Å². The lowest BCUT2D eigenvalue weighted by atomic mass is 9.63. The molecule has 0 unspecified atom stereocenters. The van der Waals surface area contributed by atoms with Gasteiger partial charge in [0.15, 0.2) is 8.32 Å². The fourth-order valence-corrected chi connectivity index (χ4v) is 5.23. The van der Waals surface area contributed by atoms with Crippen LogP contribution < -0.4 is 0 Å². The van der Waals surface area contributed by atoms with Crippen LogP contribution in [0.25, 0.3) is 0 Å². The zero-order valence-corrected chi connectivity index (χ0v) is 15.7. The van der Waals surface area contributed by atoms with E-state index in [1.807, 2.05) is 0 Å². The molecule has 0 aromatic rings. The van der Waals surface area contributed by atoms with Crippen molar-refractivity contribution < 1.29 is 9.22 Å². The molecule has 0 amide bonds. The molecule has 3 heteroatoms. The summed E-state index contributed by atoms with van der Waals surface area (Å²) in [7, 11) is -1.62. The Hall–Kier alpha value is -0.153. The van der Waals surface area contributed by atoms with Gasteiger partial charge in [-0.15, -0.1) is 0 Å². The topological polar surface area (TPSA) is 26.3 Å². The van der Waals surface area contributed by atoms with Crippen LogP contribution in [-0.4, -0.2) is 20.7 Å². The second kappa shape index (κ2) is 6.15. The molecule has 2 fully saturated rings.